The van der Waals surface area contributed by atoms with Gasteiger partial charge in [-0.05, 0) is 37.4 Å². The number of carbonyl (C=O) groups is 1. The van der Waals surface area contributed by atoms with E-state index in [0.29, 0.717) is 13.2 Å². The molecule has 0 saturated heterocycles. The SMILES string of the molecule is COC(=O)[C@H](CN(C)C)c1ccc(OCc2ccccc2)cc1. The lowest BCUT2D eigenvalue weighted by molar-refractivity contribution is -0.142. The van der Waals surface area contributed by atoms with Crippen LogP contribution in [0.2, 0.25) is 0 Å². The summed E-state index contributed by atoms with van der Waals surface area (Å²) in [6.45, 7) is 1.13. The number of ether oxygens (including phenoxy) is 2. The third-order valence-electron chi connectivity index (χ3n) is 3.56. The van der Waals surface area contributed by atoms with E-state index < -0.39 is 0 Å². The molecule has 122 valence electrons. The predicted octanol–water partition coefficient (Wildman–Crippen LogP) is 3.08. The fourth-order valence-corrected chi connectivity index (χ4v) is 2.36. The van der Waals surface area contributed by atoms with E-state index >= 15 is 0 Å². The third kappa shape index (κ3) is 5.11. The summed E-state index contributed by atoms with van der Waals surface area (Å²) in [5.74, 6) is 0.265. The van der Waals surface area contributed by atoms with Crippen molar-refractivity contribution >= 4 is 5.97 Å². The molecule has 23 heavy (non-hydrogen) atoms. The number of rotatable bonds is 7. The van der Waals surface area contributed by atoms with Crippen molar-refractivity contribution in [2.75, 3.05) is 27.7 Å². The second-order valence-corrected chi connectivity index (χ2v) is 5.68. The standard InChI is InChI=1S/C19H23NO3/c1-20(2)13-18(19(21)22-3)16-9-11-17(12-10-16)23-14-15-7-5-4-6-8-15/h4-12,18H,13-14H2,1-3H3/t18-/m1/s1. The third-order valence-corrected chi connectivity index (χ3v) is 3.56. The fraction of sp³-hybridized carbons (Fsp3) is 0.316. The van der Waals surface area contributed by atoms with E-state index in [1.165, 1.54) is 7.11 Å². The van der Waals surface area contributed by atoms with Gasteiger partial charge in [0.25, 0.3) is 0 Å². The minimum Gasteiger partial charge on any atom is -0.489 e. The Labute approximate surface area is 137 Å². The molecule has 4 heteroatoms. The Morgan fingerprint density at radius 2 is 1.70 bits per heavy atom. The lowest BCUT2D eigenvalue weighted by Crippen LogP contribution is -2.27. The molecule has 0 amide bonds. The Morgan fingerprint density at radius 1 is 1.04 bits per heavy atom. The maximum absolute atomic E-state index is 12.0. The van der Waals surface area contributed by atoms with Gasteiger partial charge in [0.1, 0.15) is 12.4 Å². The molecule has 0 radical (unpaired) electrons. The predicted molar refractivity (Wildman–Crippen MR) is 90.5 cm³/mol. The van der Waals surface area contributed by atoms with Crippen molar-refractivity contribution in [3.05, 3.63) is 65.7 Å². The molecule has 0 aromatic heterocycles. The molecule has 0 heterocycles. The Morgan fingerprint density at radius 3 is 2.26 bits per heavy atom. The Hall–Kier alpha value is -2.33. The number of benzene rings is 2. The average Bonchev–Trinajstić information content (AvgIpc) is 2.58. The molecular weight excluding hydrogens is 290 g/mol. The number of likely N-dealkylation sites (N-methyl/N-ethyl adjacent to an activating group) is 1. The number of carbonyl (C=O) groups excluding carboxylic acids is 1. The Bertz CT molecular complexity index is 608. The van der Waals surface area contributed by atoms with Crippen molar-refractivity contribution in [1.82, 2.24) is 4.90 Å². The molecular formula is C19H23NO3. The van der Waals surface area contributed by atoms with E-state index in [1.807, 2.05) is 73.6 Å². The van der Waals surface area contributed by atoms with Crippen LogP contribution in [0.25, 0.3) is 0 Å². The Balaban J connectivity index is 2.03. The molecule has 0 saturated carbocycles. The zero-order valence-corrected chi connectivity index (χ0v) is 13.9. The van der Waals surface area contributed by atoms with Crippen molar-refractivity contribution in [3.63, 3.8) is 0 Å². The summed E-state index contributed by atoms with van der Waals surface area (Å²) in [5.41, 5.74) is 2.05. The number of methoxy groups -OCH3 is 1. The molecule has 0 N–H and O–H groups in total. The van der Waals surface area contributed by atoms with Gasteiger partial charge in [0.2, 0.25) is 0 Å². The molecule has 1 atom stereocenters. The lowest BCUT2D eigenvalue weighted by atomic mass is 9.98. The van der Waals surface area contributed by atoms with Gasteiger partial charge in [-0.3, -0.25) is 4.79 Å². The van der Waals surface area contributed by atoms with Crippen molar-refractivity contribution < 1.29 is 14.3 Å². The van der Waals surface area contributed by atoms with Gasteiger partial charge in [-0.15, -0.1) is 0 Å². The monoisotopic (exact) mass is 313 g/mol. The summed E-state index contributed by atoms with van der Waals surface area (Å²) < 4.78 is 10.7. The largest absolute Gasteiger partial charge is 0.489 e. The summed E-state index contributed by atoms with van der Waals surface area (Å²) in [6.07, 6.45) is 0. The first kappa shape index (κ1) is 17.0. The smallest absolute Gasteiger partial charge is 0.314 e. The maximum Gasteiger partial charge on any atom is 0.314 e. The molecule has 2 aromatic carbocycles. The van der Waals surface area contributed by atoms with Crippen LogP contribution in [0, 0.1) is 0 Å². The van der Waals surface area contributed by atoms with Crippen LogP contribution in [-0.2, 0) is 16.1 Å². The summed E-state index contributed by atoms with van der Waals surface area (Å²) in [4.78, 5) is 13.9. The van der Waals surface area contributed by atoms with Gasteiger partial charge in [0, 0.05) is 6.54 Å². The summed E-state index contributed by atoms with van der Waals surface area (Å²) in [6, 6.07) is 17.6. The Kier molecular flexibility index (Phi) is 6.18. The van der Waals surface area contributed by atoms with Crippen molar-refractivity contribution in [2.45, 2.75) is 12.5 Å². The second kappa shape index (κ2) is 8.34. The molecule has 0 aliphatic carbocycles. The van der Waals surface area contributed by atoms with Crippen LogP contribution < -0.4 is 4.74 Å². The molecule has 0 spiro atoms. The van der Waals surface area contributed by atoms with E-state index in [9.17, 15) is 4.79 Å². The molecule has 0 fully saturated rings. The molecule has 2 rings (SSSR count). The van der Waals surface area contributed by atoms with Crippen LogP contribution in [0.3, 0.4) is 0 Å². The second-order valence-electron chi connectivity index (χ2n) is 5.68. The quantitative estimate of drug-likeness (QED) is 0.736. The van der Waals surface area contributed by atoms with Crippen LogP contribution in [-0.4, -0.2) is 38.6 Å². The minimum atomic E-state index is -0.293. The summed E-state index contributed by atoms with van der Waals surface area (Å²) in [7, 11) is 5.29. The topological polar surface area (TPSA) is 38.8 Å². The van der Waals surface area contributed by atoms with Crippen LogP contribution in [0.5, 0.6) is 5.75 Å². The summed E-state index contributed by atoms with van der Waals surface area (Å²) >= 11 is 0. The molecule has 0 bridgehead atoms. The molecule has 4 nitrogen and oxygen atoms in total. The van der Waals surface area contributed by atoms with Gasteiger partial charge >= 0.3 is 5.97 Å². The van der Waals surface area contributed by atoms with Crippen LogP contribution in [0.4, 0.5) is 0 Å². The first-order valence-electron chi connectivity index (χ1n) is 7.59. The number of hydrogen-bond donors (Lipinski definition) is 0. The van der Waals surface area contributed by atoms with Gasteiger partial charge in [0.05, 0.1) is 13.0 Å². The van der Waals surface area contributed by atoms with Crippen LogP contribution in [0.15, 0.2) is 54.6 Å². The fourth-order valence-electron chi connectivity index (χ4n) is 2.36. The summed E-state index contributed by atoms with van der Waals surface area (Å²) in [5, 5.41) is 0. The highest BCUT2D eigenvalue weighted by Gasteiger charge is 2.22. The normalized spacial score (nSPS) is 12.0. The van der Waals surface area contributed by atoms with Crippen LogP contribution in [0.1, 0.15) is 17.0 Å². The number of nitrogens with zero attached hydrogens (tertiary/aromatic N) is 1. The van der Waals surface area contributed by atoms with Crippen LogP contribution >= 0.6 is 0 Å². The average molecular weight is 313 g/mol. The van der Waals surface area contributed by atoms with Gasteiger partial charge in [-0.25, -0.2) is 0 Å². The highest BCUT2D eigenvalue weighted by atomic mass is 16.5. The maximum atomic E-state index is 12.0. The first-order chi connectivity index (χ1) is 11.1. The minimum absolute atomic E-state index is 0.225. The molecule has 2 aromatic rings. The lowest BCUT2D eigenvalue weighted by Gasteiger charge is -2.19. The van der Waals surface area contributed by atoms with Crippen molar-refractivity contribution in [1.29, 1.82) is 0 Å². The zero-order valence-electron chi connectivity index (χ0n) is 13.9. The van der Waals surface area contributed by atoms with Gasteiger partial charge < -0.3 is 14.4 Å². The van der Waals surface area contributed by atoms with Gasteiger partial charge in [-0.2, -0.15) is 0 Å². The van der Waals surface area contributed by atoms with E-state index in [0.717, 1.165) is 16.9 Å². The van der Waals surface area contributed by atoms with E-state index in [-0.39, 0.29) is 11.9 Å². The van der Waals surface area contributed by atoms with Gasteiger partial charge in [0.15, 0.2) is 0 Å². The highest BCUT2D eigenvalue weighted by Crippen LogP contribution is 2.22. The first-order valence-corrected chi connectivity index (χ1v) is 7.59. The van der Waals surface area contributed by atoms with Gasteiger partial charge in [-0.1, -0.05) is 42.5 Å². The molecule has 0 aliphatic heterocycles. The van der Waals surface area contributed by atoms with E-state index in [4.69, 9.17) is 9.47 Å². The van der Waals surface area contributed by atoms with Crippen molar-refractivity contribution in [2.24, 2.45) is 0 Å². The molecule has 0 aliphatic rings. The van der Waals surface area contributed by atoms with E-state index in [1.54, 1.807) is 0 Å². The van der Waals surface area contributed by atoms with E-state index in [2.05, 4.69) is 0 Å². The molecule has 0 unspecified atom stereocenters. The zero-order chi connectivity index (χ0) is 16.7. The number of esters is 1. The highest BCUT2D eigenvalue weighted by molar-refractivity contribution is 5.78. The number of hydrogen-bond acceptors (Lipinski definition) is 4. The van der Waals surface area contributed by atoms with Crippen molar-refractivity contribution in [3.8, 4) is 5.75 Å².